The average Bonchev–Trinajstić information content (AvgIpc) is 3.51. The first-order chi connectivity index (χ1) is 16.9. The first-order valence-corrected chi connectivity index (χ1v) is 13.2. The summed E-state index contributed by atoms with van der Waals surface area (Å²) in [4.78, 5) is 34.6. The largest absolute Gasteiger partial charge is 0.385 e. The predicted molar refractivity (Wildman–Crippen MR) is 131 cm³/mol. The molecule has 1 fully saturated rings. The van der Waals surface area contributed by atoms with E-state index in [-0.39, 0.29) is 35.6 Å². The minimum absolute atomic E-state index is 0.0106. The molecule has 2 aliphatic rings. The van der Waals surface area contributed by atoms with E-state index >= 15 is 0 Å². The second kappa shape index (κ2) is 9.52. The number of anilines is 1. The highest BCUT2D eigenvalue weighted by Crippen LogP contribution is 2.39. The zero-order chi connectivity index (χ0) is 24.6. The average molecular weight is 497 g/mol. The lowest BCUT2D eigenvalue weighted by Crippen LogP contribution is -2.42. The fraction of sp³-hybridized carbons (Fsp3) is 0.400. The standard InChI is InChI=1S/C25H28N4O5S/c1-34-12-4-11-29-21-9-8-17(19-6-2-7-20(24(19)21)25(29)31)13-22(30)18-5-3-10-28(15-18)35(32,33)23-14-26-16-27-23/h2,6-9,14,16,18H,3-5,10-13,15H2,1H3,(H,26,27). The van der Waals surface area contributed by atoms with Crippen LogP contribution in [0, 0.1) is 5.92 Å². The topological polar surface area (TPSA) is 113 Å². The number of ketones is 1. The Morgan fingerprint density at radius 2 is 2.11 bits per heavy atom. The highest BCUT2D eigenvalue weighted by Gasteiger charge is 2.35. The van der Waals surface area contributed by atoms with Crippen LogP contribution >= 0.6 is 0 Å². The molecule has 1 atom stereocenters. The van der Waals surface area contributed by atoms with Crippen LogP contribution in [0.2, 0.25) is 0 Å². The van der Waals surface area contributed by atoms with E-state index in [4.69, 9.17) is 4.74 Å². The van der Waals surface area contributed by atoms with Gasteiger partial charge >= 0.3 is 0 Å². The molecular formula is C25H28N4O5S. The molecule has 0 bridgehead atoms. The van der Waals surface area contributed by atoms with Crippen molar-refractivity contribution in [3.63, 3.8) is 0 Å². The van der Waals surface area contributed by atoms with Crippen LogP contribution in [0.4, 0.5) is 5.69 Å². The predicted octanol–water partition coefficient (Wildman–Crippen LogP) is 2.77. The number of sulfonamides is 1. The van der Waals surface area contributed by atoms with Gasteiger partial charge in [0.05, 0.1) is 18.2 Å². The van der Waals surface area contributed by atoms with Gasteiger partial charge in [-0.1, -0.05) is 18.2 Å². The number of piperidine rings is 1. The monoisotopic (exact) mass is 496 g/mol. The highest BCUT2D eigenvalue weighted by molar-refractivity contribution is 7.89. The van der Waals surface area contributed by atoms with E-state index in [0.717, 1.165) is 28.4 Å². The van der Waals surface area contributed by atoms with E-state index in [1.54, 1.807) is 12.0 Å². The zero-order valence-corrected chi connectivity index (χ0v) is 20.4. The Balaban J connectivity index is 1.37. The molecule has 184 valence electrons. The lowest BCUT2D eigenvalue weighted by atomic mass is 9.89. The van der Waals surface area contributed by atoms with Gasteiger partial charge in [-0.3, -0.25) is 9.59 Å². The third kappa shape index (κ3) is 4.26. The van der Waals surface area contributed by atoms with Gasteiger partial charge in [-0.15, -0.1) is 0 Å². The van der Waals surface area contributed by atoms with Crippen LogP contribution in [-0.4, -0.2) is 67.7 Å². The molecule has 0 saturated carbocycles. The van der Waals surface area contributed by atoms with Crippen molar-refractivity contribution in [1.82, 2.24) is 14.3 Å². The van der Waals surface area contributed by atoms with Crippen LogP contribution in [0.25, 0.3) is 10.8 Å². The Bertz CT molecular complexity index is 1370. The summed E-state index contributed by atoms with van der Waals surface area (Å²) in [6.45, 7) is 1.68. The molecule has 0 spiro atoms. The molecular weight excluding hydrogens is 468 g/mol. The van der Waals surface area contributed by atoms with Crippen molar-refractivity contribution >= 4 is 38.2 Å². The number of nitrogens with zero attached hydrogens (tertiary/aromatic N) is 3. The van der Waals surface area contributed by atoms with E-state index in [0.29, 0.717) is 38.1 Å². The van der Waals surface area contributed by atoms with Crippen molar-refractivity contribution in [2.24, 2.45) is 5.92 Å². The SMILES string of the molecule is COCCCN1C(=O)c2cccc3c(CC(=O)C4CCCN(S(=O)(=O)c5cnc[nH]5)C4)ccc1c23. The third-order valence-corrected chi connectivity index (χ3v) is 8.69. The second-order valence-corrected chi connectivity index (χ2v) is 10.9. The molecule has 35 heavy (non-hydrogen) atoms. The molecule has 2 aromatic carbocycles. The Hall–Kier alpha value is -3.08. The number of rotatable bonds is 9. The molecule has 1 aromatic heterocycles. The van der Waals surface area contributed by atoms with Crippen molar-refractivity contribution in [3.05, 3.63) is 54.0 Å². The van der Waals surface area contributed by atoms with Crippen molar-refractivity contribution in [2.75, 3.05) is 38.3 Å². The summed E-state index contributed by atoms with van der Waals surface area (Å²) in [5, 5.41) is 1.82. The Morgan fingerprint density at radius 1 is 1.26 bits per heavy atom. The lowest BCUT2D eigenvalue weighted by molar-refractivity contribution is -0.123. The van der Waals surface area contributed by atoms with Crippen molar-refractivity contribution in [1.29, 1.82) is 0 Å². The van der Waals surface area contributed by atoms with Crippen LogP contribution in [0.3, 0.4) is 0 Å². The van der Waals surface area contributed by atoms with Gasteiger partial charge in [0, 0.05) is 56.6 Å². The molecule has 2 aliphatic heterocycles. The molecule has 1 unspecified atom stereocenters. The summed E-state index contributed by atoms with van der Waals surface area (Å²) in [5.41, 5.74) is 2.37. The van der Waals surface area contributed by atoms with Crippen LogP contribution in [0.15, 0.2) is 47.9 Å². The van der Waals surface area contributed by atoms with Gasteiger partial charge in [-0.25, -0.2) is 13.4 Å². The Labute approximate surface area is 204 Å². The Kier molecular flexibility index (Phi) is 6.43. The van der Waals surface area contributed by atoms with E-state index in [2.05, 4.69) is 9.97 Å². The molecule has 1 amide bonds. The summed E-state index contributed by atoms with van der Waals surface area (Å²) in [7, 11) is -2.06. The molecule has 1 N–H and O–H groups in total. The summed E-state index contributed by atoms with van der Waals surface area (Å²) >= 11 is 0. The molecule has 10 heteroatoms. The number of ether oxygens (including phenoxy) is 1. The van der Waals surface area contributed by atoms with Crippen molar-refractivity contribution in [2.45, 2.75) is 30.7 Å². The quantitative estimate of drug-likeness (QED) is 0.456. The van der Waals surface area contributed by atoms with E-state index in [1.807, 2.05) is 30.3 Å². The number of hydrogen-bond acceptors (Lipinski definition) is 6. The van der Waals surface area contributed by atoms with Crippen molar-refractivity contribution in [3.8, 4) is 0 Å². The fourth-order valence-corrected chi connectivity index (χ4v) is 6.55. The van der Waals surface area contributed by atoms with Gasteiger partial charge in [0.1, 0.15) is 5.78 Å². The van der Waals surface area contributed by atoms with Crippen LogP contribution in [-0.2, 0) is 26.0 Å². The minimum Gasteiger partial charge on any atom is -0.385 e. The number of carbonyl (C=O) groups is 2. The number of hydrogen-bond donors (Lipinski definition) is 1. The van der Waals surface area contributed by atoms with E-state index in [1.165, 1.54) is 16.8 Å². The Morgan fingerprint density at radius 3 is 2.89 bits per heavy atom. The number of benzene rings is 2. The summed E-state index contributed by atoms with van der Waals surface area (Å²) in [5.74, 6) is -0.398. The van der Waals surface area contributed by atoms with Crippen LogP contribution < -0.4 is 4.90 Å². The third-order valence-electron chi connectivity index (χ3n) is 6.90. The lowest BCUT2D eigenvalue weighted by Gasteiger charge is -2.30. The normalized spacial score (nSPS) is 18.5. The van der Waals surface area contributed by atoms with E-state index < -0.39 is 10.0 Å². The number of carbonyl (C=O) groups excluding carboxylic acids is 2. The molecule has 1 saturated heterocycles. The number of methoxy groups -OCH3 is 1. The summed E-state index contributed by atoms with van der Waals surface area (Å²) in [6.07, 6.45) is 4.82. The smallest absolute Gasteiger partial charge is 0.260 e. The van der Waals surface area contributed by atoms with Gasteiger partial charge in [0.25, 0.3) is 15.9 Å². The molecule has 3 aromatic rings. The van der Waals surface area contributed by atoms with Gasteiger partial charge < -0.3 is 14.6 Å². The number of aromatic amines is 1. The molecule has 5 rings (SSSR count). The first kappa shape index (κ1) is 23.7. The maximum absolute atomic E-state index is 13.3. The van der Waals surface area contributed by atoms with Gasteiger partial charge in [0.15, 0.2) is 5.03 Å². The number of nitrogens with one attached hydrogen (secondary N) is 1. The zero-order valence-electron chi connectivity index (χ0n) is 19.6. The van der Waals surface area contributed by atoms with Gasteiger partial charge in [-0.2, -0.15) is 4.31 Å². The fourth-order valence-electron chi connectivity index (χ4n) is 5.13. The molecule has 0 aliphatic carbocycles. The maximum Gasteiger partial charge on any atom is 0.260 e. The highest BCUT2D eigenvalue weighted by atomic mass is 32.2. The minimum atomic E-state index is -3.71. The second-order valence-electron chi connectivity index (χ2n) is 9.04. The first-order valence-electron chi connectivity index (χ1n) is 11.8. The molecule has 0 radical (unpaired) electrons. The van der Waals surface area contributed by atoms with Gasteiger partial charge in [-0.05, 0) is 42.3 Å². The number of H-pyrrole nitrogens is 1. The summed E-state index contributed by atoms with van der Waals surface area (Å²) in [6, 6.07) is 9.47. The van der Waals surface area contributed by atoms with Crippen LogP contribution in [0.1, 0.15) is 35.2 Å². The van der Waals surface area contributed by atoms with Crippen molar-refractivity contribution < 1.29 is 22.7 Å². The maximum atomic E-state index is 13.3. The number of Topliss-reactive ketones (excluding diaryl/α,β-unsaturated/α-hetero) is 1. The molecule has 3 heterocycles. The molecule has 9 nitrogen and oxygen atoms in total. The van der Waals surface area contributed by atoms with E-state index in [9.17, 15) is 18.0 Å². The summed E-state index contributed by atoms with van der Waals surface area (Å²) < 4.78 is 32.3. The number of amides is 1. The van der Waals surface area contributed by atoms with Crippen LogP contribution in [0.5, 0.6) is 0 Å². The number of aromatic nitrogens is 2. The van der Waals surface area contributed by atoms with Gasteiger partial charge in [0.2, 0.25) is 0 Å². The number of imidazole rings is 1.